The van der Waals surface area contributed by atoms with Crippen molar-refractivity contribution >= 4 is 0 Å². The minimum atomic E-state index is -4.40. The predicted molar refractivity (Wildman–Crippen MR) is 83.7 cm³/mol. The van der Waals surface area contributed by atoms with Crippen molar-refractivity contribution in [1.82, 2.24) is 14.7 Å². The quantitative estimate of drug-likeness (QED) is 0.888. The zero-order valence-corrected chi connectivity index (χ0v) is 14.4. The molecule has 138 valence electrons. The molecule has 2 rings (SSSR count). The molecule has 1 fully saturated rings. The number of nitrogens with zero attached hydrogens (tertiary/aromatic N) is 3. The minimum Gasteiger partial charge on any atom is -0.389 e. The van der Waals surface area contributed by atoms with Gasteiger partial charge in [-0.05, 0) is 39.7 Å². The zero-order valence-electron chi connectivity index (χ0n) is 14.4. The number of aliphatic hydroxyl groups is 1. The number of hydrogen-bond donors (Lipinski definition) is 1. The number of hydrogen-bond acceptors (Lipinski definition) is 4. The first kappa shape index (κ1) is 19.2. The zero-order chi connectivity index (χ0) is 18.0. The van der Waals surface area contributed by atoms with Crippen LogP contribution in [0.1, 0.15) is 45.3 Å². The molecule has 1 unspecified atom stereocenters. The number of aromatic nitrogens is 2. The maximum Gasteiger partial charge on any atom is 0.435 e. The second-order valence-electron chi connectivity index (χ2n) is 7.29. The Hall–Kier alpha value is -1.12. The number of ether oxygens (including phenoxy) is 1. The highest BCUT2D eigenvalue weighted by atomic mass is 19.4. The number of piperidine rings is 1. The van der Waals surface area contributed by atoms with Gasteiger partial charge in [-0.25, -0.2) is 0 Å². The number of aliphatic hydroxyl groups excluding tert-OH is 1. The Balaban J connectivity index is 1.78. The number of rotatable bonds is 5. The van der Waals surface area contributed by atoms with E-state index < -0.39 is 18.0 Å². The van der Waals surface area contributed by atoms with E-state index in [4.69, 9.17) is 4.74 Å². The third-order valence-corrected chi connectivity index (χ3v) is 4.01. The van der Waals surface area contributed by atoms with Gasteiger partial charge in [-0.1, -0.05) is 0 Å². The lowest BCUT2D eigenvalue weighted by molar-refractivity contribution is -0.141. The van der Waals surface area contributed by atoms with Gasteiger partial charge in [0.15, 0.2) is 5.69 Å². The summed E-state index contributed by atoms with van der Waals surface area (Å²) in [6.07, 6.45) is -2.14. The fraction of sp³-hybridized carbons (Fsp3) is 0.812. The number of β-amino-alcohol motifs (C(OH)–C–C–N with tert-alkyl or cyclic N) is 1. The third-order valence-electron chi connectivity index (χ3n) is 4.01. The molecule has 1 saturated heterocycles. The highest BCUT2D eigenvalue weighted by molar-refractivity contribution is 5.04. The monoisotopic (exact) mass is 349 g/mol. The van der Waals surface area contributed by atoms with Gasteiger partial charge in [-0.15, -0.1) is 0 Å². The van der Waals surface area contributed by atoms with E-state index in [2.05, 4.69) is 10.00 Å². The maximum absolute atomic E-state index is 12.6. The second kappa shape index (κ2) is 7.41. The van der Waals surface area contributed by atoms with Gasteiger partial charge in [-0.3, -0.25) is 4.68 Å². The predicted octanol–water partition coefficient (Wildman–Crippen LogP) is 2.71. The van der Waals surface area contributed by atoms with Crippen molar-refractivity contribution in [2.45, 2.75) is 57.5 Å². The minimum absolute atomic E-state index is 0.0275. The van der Waals surface area contributed by atoms with Gasteiger partial charge in [0.05, 0.1) is 24.4 Å². The molecule has 1 atom stereocenters. The molecule has 1 N–H and O–H groups in total. The lowest BCUT2D eigenvalue weighted by Crippen LogP contribution is -2.41. The van der Waals surface area contributed by atoms with Crippen molar-refractivity contribution < 1.29 is 23.0 Å². The Bertz CT molecular complexity index is 517. The molecule has 1 aromatic rings. The first-order chi connectivity index (χ1) is 11.0. The molecular weight excluding hydrogens is 323 g/mol. The van der Waals surface area contributed by atoms with E-state index in [0.29, 0.717) is 19.4 Å². The standard InChI is InChI=1S/C16H26F3N3O2/c1-15(2,3)24-11-13(23)10-21-7-4-12(5-8-21)22-9-6-14(20-22)16(17,18)19/h6,9,12-13,23H,4-5,7-8,10-11H2,1-3H3. The molecule has 0 spiro atoms. The molecule has 1 aromatic heterocycles. The first-order valence-corrected chi connectivity index (χ1v) is 8.21. The summed E-state index contributed by atoms with van der Waals surface area (Å²) in [5.41, 5.74) is -1.13. The summed E-state index contributed by atoms with van der Waals surface area (Å²) in [6.45, 7) is 8.03. The Morgan fingerprint density at radius 1 is 1.29 bits per heavy atom. The van der Waals surface area contributed by atoms with Gasteiger partial charge in [0.25, 0.3) is 0 Å². The van der Waals surface area contributed by atoms with Crippen molar-refractivity contribution in [1.29, 1.82) is 0 Å². The van der Waals surface area contributed by atoms with Gasteiger partial charge < -0.3 is 14.7 Å². The third kappa shape index (κ3) is 5.75. The van der Waals surface area contributed by atoms with Crippen LogP contribution in [0.15, 0.2) is 12.3 Å². The summed E-state index contributed by atoms with van der Waals surface area (Å²) in [5, 5.41) is 13.7. The molecule has 8 heteroatoms. The fourth-order valence-electron chi connectivity index (χ4n) is 2.76. The summed E-state index contributed by atoms with van der Waals surface area (Å²) in [6, 6.07) is 0.986. The molecule has 0 aliphatic carbocycles. The number of halogens is 3. The van der Waals surface area contributed by atoms with Crippen LogP contribution < -0.4 is 0 Å². The molecule has 0 bridgehead atoms. The number of likely N-dealkylation sites (tertiary alicyclic amines) is 1. The molecule has 0 amide bonds. The summed E-state index contributed by atoms with van der Waals surface area (Å²) in [4.78, 5) is 2.11. The van der Waals surface area contributed by atoms with Crippen LogP contribution in [0.3, 0.4) is 0 Å². The molecule has 0 saturated carbocycles. The second-order valence-corrected chi connectivity index (χ2v) is 7.29. The molecule has 0 aromatic carbocycles. The average molecular weight is 349 g/mol. The molecule has 1 aliphatic rings. The molecule has 5 nitrogen and oxygen atoms in total. The van der Waals surface area contributed by atoms with E-state index in [1.165, 1.54) is 10.9 Å². The molecular formula is C16H26F3N3O2. The van der Waals surface area contributed by atoms with Crippen LogP contribution in [0.4, 0.5) is 13.2 Å². The summed E-state index contributed by atoms with van der Waals surface area (Å²) >= 11 is 0. The van der Waals surface area contributed by atoms with Crippen molar-refractivity contribution in [3.8, 4) is 0 Å². The van der Waals surface area contributed by atoms with E-state index in [1.807, 2.05) is 20.8 Å². The Kier molecular flexibility index (Phi) is 5.93. The van der Waals surface area contributed by atoms with Crippen LogP contribution in [0.25, 0.3) is 0 Å². The van der Waals surface area contributed by atoms with E-state index >= 15 is 0 Å². The van der Waals surface area contributed by atoms with E-state index in [0.717, 1.165) is 19.2 Å². The van der Waals surface area contributed by atoms with Gasteiger partial charge in [-0.2, -0.15) is 18.3 Å². The van der Waals surface area contributed by atoms with Gasteiger partial charge >= 0.3 is 6.18 Å². The van der Waals surface area contributed by atoms with Gasteiger partial charge in [0.2, 0.25) is 0 Å². The lowest BCUT2D eigenvalue weighted by Gasteiger charge is -2.33. The van der Waals surface area contributed by atoms with Crippen LogP contribution in [-0.2, 0) is 10.9 Å². The van der Waals surface area contributed by atoms with Crippen molar-refractivity contribution in [3.05, 3.63) is 18.0 Å². The van der Waals surface area contributed by atoms with Crippen LogP contribution in [0.5, 0.6) is 0 Å². The first-order valence-electron chi connectivity index (χ1n) is 8.21. The highest BCUT2D eigenvalue weighted by Gasteiger charge is 2.34. The SMILES string of the molecule is CC(C)(C)OCC(O)CN1CCC(n2ccc(C(F)(F)F)n2)CC1. The molecule has 0 radical (unpaired) electrons. The highest BCUT2D eigenvalue weighted by Crippen LogP contribution is 2.29. The van der Waals surface area contributed by atoms with E-state index in [1.54, 1.807) is 0 Å². The van der Waals surface area contributed by atoms with E-state index in [-0.39, 0.29) is 18.2 Å². The maximum atomic E-state index is 12.6. The Labute approximate surface area is 140 Å². The van der Waals surface area contributed by atoms with Crippen molar-refractivity contribution in [3.63, 3.8) is 0 Å². The summed E-state index contributed by atoms with van der Waals surface area (Å²) < 4.78 is 44.8. The topological polar surface area (TPSA) is 50.5 Å². The lowest BCUT2D eigenvalue weighted by atomic mass is 10.0. The molecule has 1 aliphatic heterocycles. The summed E-state index contributed by atoms with van der Waals surface area (Å²) in [5.74, 6) is 0. The van der Waals surface area contributed by atoms with Gasteiger partial charge in [0, 0.05) is 25.8 Å². The van der Waals surface area contributed by atoms with Crippen LogP contribution in [-0.4, -0.2) is 57.7 Å². The largest absolute Gasteiger partial charge is 0.435 e. The fourth-order valence-corrected chi connectivity index (χ4v) is 2.76. The van der Waals surface area contributed by atoms with Crippen LogP contribution >= 0.6 is 0 Å². The Morgan fingerprint density at radius 3 is 2.42 bits per heavy atom. The Morgan fingerprint density at radius 2 is 1.92 bits per heavy atom. The summed E-state index contributed by atoms with van der Waals surface area (Å²) in [7, 11) is 0. The molecule has 2 heterocycles. The smallest absolute Gasteiger partial charge is 0.389 e. The normalized spacial score (nSPS) is 19.6. The molecule has 24 heavy (non-hydrogen) atoms. The van der Waals surface area contributed by atoms with E-state index in [9.17, 15) is 18.3 Å². The van der Waals surface area contributed by atoms with Gasteiger partial charge in [0.1, 0.15) is 0 Å². The van der Waals surface area contributed by atoms with Crippen molar-refractivity contribution in [2.24, 2.45) is 0 Å². The van der Waals surface area contributed by atoms with Crippen LogP contribution in [0.2, 0.25) is 0 Å². The average Bonchev–Trinajstić information content (AvgIpc) is 2.95. The van der Waals surface area contributed by atoms with Crippen molar-refractivity contribution in [2.75, 3.05) is 26.2 Å². The number of alkyl halides is 3. The van der Waals surface area contributed by atoms with Crippen LogP contribution in [0, 0.1) is 0 Å².